The minimum atomic E-state index is 0.334. The third-order valence-corrected chi connectivity index (χ3v) is 3.41. The fraction of sp³-hybridized carbons (Fsp3) is 0.0588. The molecule has 0 atom stereocenters. The van der Waals surface area contributed by atoms with Crippen LogP contribution in [0.15, 0.2) is 71.6 Å². The highest BCUT2D eigenvalue weighted by atomic mass is 16.5. The first kappa shape index (κ1) is 14.1. The maximum atomic E-state index is 5.73. The second-order valence-electron chi connectivity index (χ2n) is 5.05. The van der Waals surface area contributed by atoms with Crippen molar-refractivity contribution in [3.8, 4) is 22.9 Å². The molecule has 118 valence electrons. The summed E-state index contributed by atoms with van der Waals surface area (Å²) in [5.41, 5.74) is 2.54. The van der Waals surface area contributed by atoms with E-state index in [0.29, 0.717) is 12.5 Å². The lowest BCUT2D eigenvalue weighted by Crippen LogP contribution is -1.97. The first-order valence-corrected chi connectivity index (χ1v) is 7.34. The Morgan fingerprint density at radius 2 is 1.83 bits per heavy atom. The summed E-state index contributed by atoms with van der Waals surface area (Å²) in [7, 11) is 0. The molecule has 0 unspecified atom stereocenters. The number of hydrogen-bond acceptors (Lipinski definition) is 6. The quantitative estimate of drug-likeness (QED) is 0.563. The van der Waals surface area contributed by atoms with E-state index in [0.717, 1.165) is 22.7 Å². The second kappa shape index (κ2) is 6.33. The molecule has 0 bridgehead atoms. The van der Waals surface area contributed by atoms with Gasteiger partial charge in [0.2, 0.25) is 5.89 Å². The number of oxazole rings is 1. The highest BCUT2D eigenvalue weighted by molar-refractivity contribution is 5.52. The van der Waals surface area contributed by atoms with Crippen LogP contribution < -0.4 is 4.74 Å². The Kier molecular flexibility index (Phi) is 3.73. The molecule has 0 aliphatic heterocycles. The molecule has 0 amide bonds. The smallest absolute Gasteiger partial charge is 0.226 e. The van der Waals surface area contributed by atoms with E-state index >= 15 is 0 Å². The van der Waals surface area contributed by atoms with Gasteiger partial charge in [0.25, 0.3) is 0 Å². The Morgan fingerprint density at radius 1 is 1.00 bits per heavy atom. The second-order valence-corrected chi connectivity index (χ2v) is 5.05. The van der Waals surface area contributed by atoms with E-state index < -0.39 is 0 Å². The summed E-state index contributed by atoms with van der Waals surface area (Å²) in [5, 5.41) is 11.0. The predicted octanol–water partition coefficient (Wildman–Crippen LogP) is 2.90. The Labute approximate surface area is 137 Å². The van der Waals surface area contributed by atoms with Crippen LogP contribution in [0.3, 0.4) is 0 Å². The minimum absolute atomic E-state index is 0.334. The first-order valence-electron chi connectivity index (χ1n) is 7.34. The number of rotatable bonds is 5. The van der Waals surface area contributed by atoms with Crippen LogP contribution in [0.1, 0.15) is 5.69 Å². The van der Waals surface area contributed by atoms with E-state index in [4.69, 9.17) is 9.15 Å². The molecule has 0 aliphatic rings. The van der Waals surface area contributed by atoms with E-state index in [2.05, 4.69) is 20.5 Å². The molecule has 0 fully saturated rings. The molecule has 4 aromatic rings. The van der Waals surface area contributed by atoms with Crippen LogP contribution in [0.2, 0.25) is 0 Å². The number of ether oxygens (including phenoxy) is 1. The largest absolute Gasteiger partial charge is 0.487 e. The number of nitrogens with zero attached hydrogens (tertiary/aromatic N) is 5. The van der Waals surface area contributed by atoms with Crippen molar-refractivity contribution in [2.45, 2.75) is 6.61 Å². The zero-order chi connectivity index (χ0) is 16.2. The highest BCUT2D eigenvalue weighted by Gasteiger charge is 2.07. The van der Waals surface area contributed by atoms with E-state index in [-0.39, 0.29) is 0 Å². The number of aromatic nitrogens is 5. The molecule has 0 radical (unpaired) electrons. The SMILES string of the molecule is c1ccc(-c2nc(COc3ccc(-n4cnnn4)cc3)co2)cc1. The predicted molar refractivity (Wildman–Crippen MR) is 85.4 cm³/mol. The summed E-state index contributed by atoms with van der Waals surface area (Å²) in [6, 6.07) is 17.2. The average Bonchev–Trinajstić information content (AvgIpc) is 3.33. The van der Waals surface area contributed by atoms with Gasteiger partial charge in [-0.25, -0.2) is 9.67 Å². The van der Waals surface area contributed by atoms with Crippen LogP contribution in [0.4, 0.5) is 0 Å². The highest BCUT2D eigenvalue weighted by Crippen LogP contribution is 2.20. The Bertz CT molecular complexity index is 902. The normalized spacial score (nSPS) is 10.7. The van der Waals surface area contributed by atoms with Gasteiger partial charge < -0.3 is 9.15 Å². The zero-order valence-electron chi connectivity index (χ0n) is 12.6. The molecule has 0 N–H and O–H groups in total. The van der Waals surface area contributed by atoms with Crippen molar-refractivity contribution >= 4 is 0 Å². The van der Waals surface area contributed by atoms with Crippen molar-refractivity contribution in [2.75, 3.05) is 0 Å². The molecule has 7 nitrogen and oxygen atoms in total. The van der Waals surface area contributed by atoms with Crippen molar-refractivity contribution in [1.29, 1.82) is 0 Å². The topological polar surface area (TPSA) is 78.9 Å². The van der Waals surface area contributed by atoms with E-state index in [1.54, 1.807) is 10.9 Å². The van der Waals surface area contributed by atoms with E-state index in [1.807, 2.05) is 54.6 Å². The first-order chi connectivity index (χ1) is 11.9. The summed E-state index contributed by atoms with van der Waals surface area (Å²) >= 11 is 0. The van der Waals surface area contributed by atoms with Crippen LogP contribution >= 0.6 is 0 Å². The van der Waals surface area contributed by atoms with Gasteiger partial charge in [0.1, 0.15) is 30.6 Å². The van der Waals surface area contributed by atoms with Crippen LogP contribution in [0, 0.1) is 0 Å². The van der Waals surface area contributed by atoms with Crippen molar-refractivity contribution in [1.82, 2.24) is 25.2 Å². The van der Waals surface area contributed by atoms with Gasteiger partial charge >= 0.3 is 0 Å². The summed E-state index contributed by atoms with van der Waals surface area (Å²) in [5.74, 6) is 1.32. The van der Waals surface area contributed by atoms with Gasteiger partial charge in [-0.15, -0.1) is 5.10 Å². The molecule has 24 heavy (non-hydrogen) atoms. The Morgan fingerprint density at radius 3 is 2.58 bits per heavy atom. The fourth-order valence-electron chi connectivity index (χ4n) is 2.22. The van der Waals surface area contributed by atoms with Crippen molar-refractivity contribution in [2.24, 2.45) is 0 Å². The van der Waals surface area contributed by atoms with Gasteiger partial charge in [-0.3, -0.25) is 0 Å². The van der Waals surface area contributed by atoms with Crippen LogP contribution in [0.5, 0.6) is 5.75 Å². The maximum absolute atomic E-state index is 5.73. The molecular formula is C17H13N5O2. The molecule has 0 saturated carbocycles. The minimum Gasteiger partial charge on any atom is -0.487 e. The zero-order valence-corrected chi connectivity index (χ0v) is 12.6. The number of tetrazole rings is 1. The van der Waals surface area contributed by atoms with Crippen LogP contribution in [-0.2, 0) is 6.61 Å². The molecule has 0 aliphatic carbocycles. The summed E-state index contributed by atoms with van der Waals surface area (Å²) in [4.78, 5) is 4.43. The van der Waals surface area contributed by atoms with Gasteiger partial charge in [-0.05, 0) is 46.8 Å². The van der Waals surface area contributed by atoms with Crippen molar-refractivity contribution in [3.63, 3.8) is 0 Å². The number of benzene rings is 2. The van der Waals surface area contributed by atoms with Gasteiger partial charge in [-0.1, -0.05) is 18.2 Å². The standard InChI is InChI=1S/C17H13N5O2/c1-2-4-13(5-3-1)17-19-14(11-24-17)10-23-16-8-6-15(7-9-16)22-12-18-20-21-22/h1-9,11-12H,10H2. The van der Waals surface area contributed by atoms with Gasteiger partial charge in [-0.2, -0.15) is 0 Å². The monoisotopic (exact) mass is 319 g/mol. The fourth-order valence-corrected chi connectivity index (χ4v) is 2.22. The molecule has 7 heteroatoms. The van der Waals surface area contributed by atoms with Gasteiger partial charge in [0.05, 0.1) is 5.69 Å². The Balaban J connectivity index is 1.41. The molecule has 2 aromatic heterocycles. The summed E-state index contributed by atoms with van der Waals surface area (Å²) in [6.45, 7) is 0.334. The molecule has 2 heterocycles. The summed E-state index contributed by atoms with van der Waals surface area (Å²) < 4.78 is 12.8. The molecule has 0 spiro atoms. The summed E-state index contributed by atoms with van der Waals surface area (Å²) in [6.07, 6.45) is 3.15. The third kappa shape index (κ3) is 3.00. The van der Waals surface area contributed by atoms with Gasteiger partial charge in [0.15, 0.2) is 0 Å². The van der Waals surface area contributed by atoms with Crippen LogP contribution in [-0.4, -0.2) is 25.2 Å². The van der Waals surface area contributed by atoms with E-state index in [1.165, 1.54) is 6.33 Å². The Hall–Kier alpha value is -3.48. The maximum Gasteiger partial charge on any atom is 0.226 e. The van der Waals surface area contributed by atoms with Gasteiger partial charge in [0, 0.05) is 5.56 Å². The van der Waals surface area contributed by atoms with Crippen molar-refractivity contribution < 1.29 is 9.15 Å². The lowest BCUT2D eigenvalue weighted by Gasteiger charge is -2.05. The third-order valence-electron chi connectivity index (χ3n) is 3.41. The molecular weight excluding hydrogens is 306 g/mol. The lowest BCUT2D eigenvalue weighted by molar-refractivity contribution is 0.301. The average molecular weight is 319 g/mol. The van der Waals surface area contributed by atoms with Crippen molar-refractivity contribution in [3.05, 3.63) is 72.9 Å². The van der Waals surface area contributed by atoms with Crippen LogP contribution in [0.25, 0.3) is 17.1 Å². The number of hydrogen-bond donors (Lipinski definition) is 0. The molecule has 0 saturated heterocycles. The lowest BCUT2D eigenvalue weighted by atomic mass is 10.2. The molecule has 2 aromatic carbocycles. The molecule has 4 rings (SSSR count). The van der Waals surface area contributed by atoms with E-state index in [9.17, 15) is 0 Å².